The number of alkyl halides is 3. The SMILES string of the molecule is COCCNCc1cc(C(F)(F)F)c2[nH]c(-c3cc(-c4ccc(F)cc4-c4nncn4C)cc(C4CC4)n3)nc2c1. The van der Waals surface area contributed by atoms with E-state index in [9.17, 15) is 17.6 Å². The van der Waals surface area contributed by atoms with E-state index >= 15 is 0 Å². The van der Waals surface area contributed by atoms with E-state index < -0.39 is 17.6 Å². The van der Waals surface area contributed by atoms with Crippen LogP contribution in [0, 0.1) is 5.82 Å². The molecular formula is C29H27F4N7O. The summed E-state index contributed by atoms with van der Waals surface area (Å²) in [6.45, 7) is 1.18. The first kappa shape index (κ1) is 27.0. The number of imidazole rings is 1. The van der Waals surface area contributed by atoms with E-state index in [4.69, 9.17) is 9.72 Å². The normalized spacial score (nSPS) is 13.8. The number of hydrogen-bond donors (Lipinski definition) is 2. The molecule has 5 aromatic rings. The Labute approximate surface area is 232 Å². The Morgan fingerprint density at radius 2 is 1.90 bits per heavy atom. The Balaban J connectivity index is 1.47. The van der Waals surface area contributed by atoms with Crippen LogP contribution in [-0.2, 0) is 24.5 Å². The van der Waals surface area contributed by atoms with Gasteiger partial charge in [0.2, 0.25) is 0 Å². The lowest BCUT2D eigenvalue weighted by atomic mass is 9.97. The molecule has 1 aliphatic carbocycles. The second-order valence-electron chi connectivity index (χ2n) is 10.2. The second kappa shape index (κ2) is 10.7. The van der Waals surface area contributed by atoms with Gasteiger partial charge in [0.05, 0.1) is 23.2 Å². The van der Waals surface area contributed by atoms with Crippen LogP contribution < -0.4 is 5.32 Å². The zero-order chi connectivity index (χ0) is 28.7. The molecule has 0 spiro atoms. The molecule has 0 atom stereocenters. The van der Waals surface area contributed by atoms with Crippen molar-refractivity contribution in [1.82, 2.24) is 35.0 Å². The molecule has 12 heteroatoms. The van der Waals surface area contributed by atoms with Crippen LogP contribution in [0.2, 0.25) is 0 Å². The third-order valence-electron chi connectivity index (χ3n) is 7.10. The third kappa shape index (κ3) is 5.57. The van der Waals surface area contributed by atoms with Crippen molar-refractivity contribution in [2.24, 2.45) is 7.05 Å². The molecule has 0 bridgehead atoms. The number of H-pyrrole nitrogens is 1. The highest BCUT2D eigenvalue weighted by Crippen LogP contribution is 2.43. The van der Waals surface area contributed by atoms with Crippen LogP contribution in [0.3, 0.4) is 0 Å². The summed E-state index contributed by atoms with van der Waals surface area (Å²) in [5, 5.41) is 11.2. The Bertz CT molecular complexity index is 1720. The number of benzene rings is 2. The fraction of sp³-hybridized carbons (Fsp3) is 0.310. The minimum absolute atomic E-state index is 0.102. The van der Waals surface area contributed by atoms with Crippen molar-refractivity contribution >= 4 is 11.0 Å². The first-order chi connectivity index (χ1) is 19.7. The number of halogens is 4. The van der Waals surface area contributed by atoms with E-state index in [0.29, 0.717) is 41.4 Å². The maximum absolute atomic E-state index is 14.4. The summed E-state index contributed by atoms with van der Waals surface area (Å²) in [5.41, 5.74) is 2.94. The standard InChI is InChI=1S/C29H27F4N7O/c1-40-15-35-39-28(40)21-13-19(30)5-6-20(21)18-11-23(17-3-4-17)36-25(12-18)27-37-24-10-16(14-34-7-8-41-2)9-22(26(24)38-27)29(31,32)33/h5-6,9-13,15,17,34H,3-4,7-8,14H2,1-2H3,(H,37,38). The second-order valence-corrected chi connectivity index (χ2v) is 10.2. The fourth-order valence-corrected chi connectivity index (χ4v) is 4.92. The lowest BCUT2D eigenvalue weighted by molar-refractivity contribution is -0.136. The van der Waals surface area contributed by atoms with Crippen molar-refractivity contribution in [2.75, 3.05) is 20.3 Å². The zero-order valence-corrected chi connectivity index (χ0v) is 22.4. The quantitative estimate of drug-likeness (QED) is 0.172. The van der Waals surface area contributed by atoms with Gasteiger partial charge in [0.15, 0.2) is 11.6 Å². The predicted octanol–water partition coefficient (Wildman–Crippen LogP) is 5.86. The van der Waals surface area contributed by atoms with Crippen molar-refractivity contribution in [3.8, 4) is 34.0 Å². The maximum Gasteiger partial charge on any atom is 0.418 e. The van der Waals surface area contributed by atoms with Crippen LogP contribution in [0.15, 0.2) is 48.8 Å². The number of pyridine rings is 1. The number of aromatic nitrogens is 6. The third-order valence-corrected chi connectivity index (χ3v) is 7.10. The van der Waals surface area contributed by atoms with Gasteiger partial charge < -0.3 is 19.6 Å². The fourth-order valence-electron chi connectivity index (χ4n) is 4.92. The Morgan fingerprint density at radius 1 is 1.07 bits per heavy atom. The lowest BCUT2D eigenvalue weighted by Gasteiger charge is -2.12. The molecule has 1 fully saturated rings. The monoisotopic (exact) mass is 565 g/mol. The van der Waals surface area contributed by atoms with E-state index in [-0.39, 0.29) is 29.3 Å². The molecule has 0 amide bonds. The van der Waals surface area contributed by atoms with Crippen LogP contribution in [0.25, 0.3) is 45.1 Å². The number of rotatable bonds is 9. The van der Waals surface area contributed by atoms with Crippen LogP contribution in [0.4, 0.5) is 17.6 Å². The zero-order valence-electron chi connectivity index (χ0n) is 22.4. The van der Waals surface area contributed by atoms with Crippen LogP contribution in [-0.4, -0.2) is 50.0 Å². The number of aryl methyl sites for hydroxylation is 1. The highest BCUT2D eigenvalue weighted by Gasteiger charge is 2.34. The van der Waals surface area contributed by atoms with Gasteiger partial charge in [0, 0.05) is 44.4 Å². The number of fused-ring (bicyclic) bond motifs is 1. The average molecular weight is 566 g/mol. The molecule has 212 valence electrons. The average Bonchev–Trinajstić information content (AvgIpc) is 3.57. The van der Waals surface area contributed by atoms with Crippen molar-refractivity contribution < 1.29 is 22.3 Å². The minimum atomic E-state index is -4.59. The van der Waals surface area contributed by atoms with Crippen molar-refractivity contribution in [1.29, 1.82) is 0 Å². The summed E-state index contributed by atoms with van der Waals surface area (Å²) in [7, 11) is 3.33. The molecule has 2 aromatic carbocycles. The van der Waals surface area contributed by atoms with Gasteiger partial charge >= 0.3 is 6.18 Å². The predicted molar refractivity (Wildman–Crippen MR) is 145 cm³/mol. The van der Waals surface area contributed by atoms with Gasteiger partial charge in [0.25, 0.3) is 0 Å². The van der Waals surface area contributed by atoms with Gasteiger partial charge in [-0.25, -0.2) is 14.4 Å². The number of aromatic amines is 1. The van der Waals surface area contributed by atoms with Crippen molar-refractivity contribution in [2.45, 2.75) is 31.5 Å². The Morgan fingerprint density at radius 3 is 2.61 bits per heavy atom. The molecule has 8 nitrogen and oxygen atoms in total. The molecule has 0 unspecified atom stereocenters. The van der Waals surface area contributed by atoms with E-state index in [2.05, 4.69) is 25.5 Å². The van der Waals surface area contributed by atoms with E-state index in [1.165, 1.54) is 18.5 Å². The van der Waals surface area contributed by atoms with Crippen LogP contribution >= 0.6 is 0 Å². The number of hydrogen-bond acceptors (Lipinski definition) is 6. The van der Waals surface area contributed by atoms with Gasteiger partial charge in [-0.3, -0.25) is 0 Å². The summed E-state index contributed by atoms with van der Waals surface area (Å²) in [5.74, 6) is 0.525. The van der Waals surface area contributed by atoms with Crippen LogP contribution in [0.1, 0.15) is 35.6 Å². The maximum atomic E-state index is 14.4. The van der Waals surface area contributed by atoms with E-state index in [1.54, 1.807) is 36.9 Å². The molecule has 3 heterocycles. The summed E-state index contributed by atoms with van der Waals surface area (Å²) in [4.78, 5) is 12.2. The highest BCUT2D eigenvalue weighted by atomic mass is 19.4. The first-order valence-electron chi connectivity index (χ1n) is 13.2. The molecular weight excluding hydrogens is 538 g/mol. The van der Waals surface area contributed by atoms with Gasteiger partial charge in [0.1, 0.15) is 17.8 Å². The molecule has 0 radical (unpaired) electrons. The summed E-state index contributed by atoms with van der Waals surface area (Å²) in [6, 6.07) is 10.9. The molecule has 0 aliphatic heterocycles. The Kier molecular flexibility index (Phi) is 7.04. The van der Waals surface area contributed by atoms with Gasteiger partial charge in [-0.05, 0) is 65.9 Å². The van der Waals surface area contributed by atoms with Gasteiger partial charge in [-0.1, -0.05) is 6.07 Å². The van der Waals surface area contributed by atoms with Crippen molar-refractivity contribution in [3.63, 3.8) is 0 Å². The summed E-state index contributed by atoms with van der Waals surface area (Å²) in [6.07, 6.45) is -1.12. The van der Waals surface area contributed by atoms with Gasteiger partial charge in [-0.2, -0.15) is 13.2 Å². The largest absolute Gasteiger partial charge is 0.418 e. The summed E-state index contributed by atoms with van der Waals surface area (Å²) < 4.78 is 63.4. The molecule has 3 aromatic heterocycles. The van der Waals surface area contributed by atoms with E-state index in [0.717, 1.165) is 30.2 Å². The number of nitrogens with one attached hydrogen (secondary N) is 2. The Hall–Kier alpha value is -4.16. The number of nitrogens with zero attached hydrogens (tertiary/aromatic N) is 5. The smallest absolute Gasteiger partial charge is 0.383 e. The molecule has 41 heavy (non-hydrogen) atoms. The topological polar surface area (TPSA) is 93.5 Å². The van der Waals surface area contributed by atoms with Crippen LogP contribution in [0.5, 0.6) is 0 Å². The molecule has 6 rings (SSSR count). The molecule has 2 N–H and O–H groups in total. The molecule has 1 aliphatic rings. The molecule has 1 saturated carbocycles. The minimum Gasteiger partial charge on any atom is -0.383 e. The number of methoxy groups -OCH3 is 1. The first-order valence-corrected chi connectivity index (χ1v) is 13.2. The van der Waals surface area contributed by atoms with Gasteiger partial charge in [-0.15, -0.1) is 10.2 Å². The van der Waals surface area contributed by atoms with E-state index in [1.807, 2.05) is 6.07 Å². The molecule has 0 saturated heterocycles. The van der Waals surface area contributed by atoms with Crippen molar-refractivity contribution in [3.05, 3.63) is 71.4 Å². The number of ether oxygens (including phenoxy) is 1. The highest BCUT2D eigenvalue weighted by molar-refractivity contribution is 5.85. The lowest BCUT2D eigenvalue weighted by Crippen LogP contribution is -2.19. The summed E-state index contributed by atoms with van der Waals surface area (Å²) >= 11 is 0.